The Morgan fingerprint density at radius 2 is 1.66 bits per heavy atom. The number of ether oxygens (including phenoxy) is 2. The van der Waals surface area contributed by atoms with Crippen molar-refractivity contribution < 1.29 is 23.9 Å². The number of imide groups is 1. The van der Waals surface area contributed by atoms with E-state index in [0.29, 0.717) is 17.1 Å². The molecular weight excluding hydrogens is 410 g/mol. The van der Waals surface area contributed by atoms with Gasteiger partial charge in [-0.3, -0.25) is 9.59 Å². The minimum atomic E-state index is -0.846. The molecule has 1 aromatic heterocycles. The fraction of sp³-hybridized carbons (Fsp3) is 0.0833. The summed E-state index contributed by atoms with van der Waals surface area (Å²) >= 11 is 0. The van der Waals surface area contributed by atoms with E-state index in [4.69, 9.17) is 9.47 Å². The van der Waals surface area contributed by atoms with E-state index in [1.165, 1.54) is 12.3 Å². The number of nitrogens with zero attached hydrogens (tertiary/aromatic N) is 2. The second kappa shape index (κ2) is 8.73. The number of rotatable bonds is 6. The molecule has 0 aliphatic carbocycles. The summed E-state index contributed by atoms with van der Waals surface area (Å²) in [5.74, 6) is -2.01. The molecule has 8 nitrogen and oxygen atoms in total. The second-order valence-corrected chi connectivity index (χ2v) is 6.94. The summed E-state index contributed by atoms with van der Waals surface area (Å²) < 4.78 is 10.5. The number of amides is 2. The van der Waals surface area contributed by atoms with Crippen molar-refractivity contribution in [1.82, 2.24) is 4.98 Å². The van der Waals surface area contributed by atoms with Crippen LogP contribution in [0.25, 0.3) is 0 Å². The van der Waals surface area contributed by atoms with Crippen molar-refractivity contribution in [2.75, 3.05) is 17.3 Å². The van der Waals surface area contributed by atoms with Gasteiger partial charge in [0.15, 0.2) is 5.70 Å². The zero-order chi connectivity index (χ0) is 22.7. The Kier molecular flexibility index (Phi) is 5.67. The number of anilines is 2. The molecule has 1 aliphatic heterocycles. The molecule has 160 valence electrons. The van der Waals surface area contributed by atoms with Crippen molar-refractivity contribution in [3.05, 3.63) is 95.6 Å². The molecule has 4 rings (SSSR count). The van der Waals surface area contributed by atoms with Gasteiger partial charge in [0, 0.05) is 11.9 Å². The first-order chi connectivity index (χ1) is 15.5. The normalized spacial score (nSPS) is 13.4. The third-order valence-electron chi connectivity index (χ3n) is 4.76. The van der Waals surface area contributed by atoms with E-state index in [-0.39, 0.29) is 11.4 Å². The first kappa shape index (κ1) is 20.8. The topological polar surface area (TPSA) is 97.8 Å². The number of nitrogens with one attached hydrogen (secondary N) is 1. The van der Waals surface area contributed by atoms with Crippen molar-refractivity contribution in [3.63, 3.8) is 0 Å². The molecule has 8 heteroatoms. The molecular formula is C24H19N3O5. The summed E-state index contributed by atoms with van der Waals surface area (Å²) in [6.07, 6.45) is 1.43. The molecule has 3 aromatic rings. The summed E-state index contributed by atoms with van der Waals surface area (Å²) in [7, 11) is 1.54. The monoisotopic (exact) mass is 429 g/mol. The minimum absolute atomic E-state index is 0.0119. The lowest BCUT2D eigenvalue weighted by Crippen LogP contribution is -2.32. The van der Waals surface area contributed by atoms with Gasteiger partial charge in [-0.05, 0) is 55.5 Å². The number of hydrogen-bond acceptors (Lipinski definition) is 7. The Bertz CT molecular complexity index is 1200. The Hall–Kier alpha value is -4.46. The van der Waals surface area contributed by atoms with Crippen LogP contribution in [0.3, 0.4) is 0 Å². The standard InChI is InChI=1S/C24H19N3O5/c1-15-6-10-17(11-7-15)27-22(28)20(26-16-8-12-18(31-2)13-9-16)21(23(27)29)32-24(30)19-5-3-4-14-25-19/h3-14,26H,1-2H3. The van der Waals surface area contributed by atoms with Crippen molar-refractivity contribution in [1.29, 1.82) is 0 Å². The van der Waals surface area contributed by atoms with Gasteiger partial charge in [0.05, 0.1) is 12.8 Å². The van der Waals surface area contributed by atoms with Crippen LogP contribution in [0.5, 0.6) is 5.75 Å². The summed E-state index contributed by atoms with van der Waals surface area (Å²) in [5, 5.41) is 2.90. The van der Waals surface area contributed by atoms with Crippen LogP contribution < -0.4 is 15.0 Å². The third-order valence-corrected chi connectivity index (χ3v) is 4.76. The van der Waals surface area contributed by atoms with E-state index in [2.05, 4.69) is 10.3 Å². The molecule has 2 heterocycles. The maximum absolute atomic E-state index is 13.2. The molecule has 0 atom stereocenters. The summed E-state index contributed by atoms with van der Waals surface area (Å²) in [6.45, 7) is 1.90. The maximum atomic E-state index is 13.2. The smallest absolute Gasteiger partial charge is 0.362 e. The predicted molar refractivity (Wildman–Crippen MR) is 117 cm³/mol. The van der Waals surface area contributed by atoms with Gasteiger partial charge in [0.1, 0.15) is 11.4 Å². The number of aromatic nitrogens is 1. The van der Waals surface area contributed by atoms with Gasteiger partial charge in [-0.15, -0.1) is 0 Å². The SMILES string of the molecule is COc1ccc(NC2=C(OC(=O)c3ccccn3)C(=O)N(c3ccc(C)cc3)C2=O)cc1. The fourth-order valence-corrected chi connectivity index (χ4v) is 3.09. The lowest BCUT2D eigenvalue weighted by atomic mass is 10.2. The highest BCUT2D eigenvalue weighted by Gasteiger charge is 2.42. The molecule has 1 aliphatic rings. The molecule has 32 heavy (non-hydrogen) atoms. The lowest BCUT2D eigenvalue weighted by Gasteiger charge is -2.15. The average molecular weight is 429 g/mol. The quantitative estimate of drug-likeness (QED) is 0.473. The number of pyridine rings is 1. The van der Waals surface area contributed by atoms with Crippen LogP contribution in [-0.4, -0.2) is 29.9 Å². The highest BCUT2D eigenvalue weighted by Crippen LogP contribution is 2.30. The van der Waals surface area contributed by atoms with Crippen LogP contribution in [-0.2, 0) is 14.3 Å². The fourth-order valence-electron chi connectivity index (χ4n) is 3.09. The first-order valence-corrected chi connectivity index (χ1v) is 9.72. The molecule has 0 saturated carbocycles. The highest BCUT2D eigenvalue weighted by atomic mass is 16.5. The Morgan fingerprint density at radius 3 is 2.28 bits per heavy atom. The minimum Gasteiger partial charge on any atom is -0.497 e. The number of benzene rings is 2. The number of esters is 1. The van der Waals surface area contributed by atoms with Gasteiger partial charge in [0.25, 0.3) is 5.91 Å². The number of carbonyl (C=O) groups is 3. The van der Waals surface area contributed by atoms with Gasteiger partial charge >= 0.3 is 11.9 Å². The van der Waals surface area contributed by atoms with E-state index >= 15 is 0 Å². The van der Waals surface area contributed by atoms with Gasteiger partial charge in [-0.25, -0.2) is 14.7 Å². The van der Waals surface area contributed by atoms with Gasteiger partial charge in [-0.1, -0.05) is 23.8 Å². The predicted octanol–water partition coefficient (Wildman–Crippen LogP) is 3.45. The van der Waals surface area contributed by atoms with Crippen molar-refractivity contribution in [2.24, 2.45) is 0 Å². The number of carbonyl (C=O) groups excluding carboxylic acids is 3. The van der Waals surface area contributed by atoms with E-state index < -0.39 is 23.5 Å². The molecule has 0 radical (unpaired) electrons. The van der Waals surface area contributed by atoms with Crippen LogP contribution in [0, 0.1) is 6.92 Å². The van der Waals surface area contributed by atoms with Crippen LogP contribution in [0.15, 0.2) is 84.4 Å². The molecule has 1 N–H and O–H groups in total. The molecule has 0 fully saturated rings. The van der Waals surface area contributed by atoms with Crippen LogP contribution in [0.4, 0.5) is 11.4 Å². The highest BCUT2D eigenvalue weighted by molar-refractivity contribution is 6.33. The average Bonchev–Trinajstić information content (AvgIpc) is 3.04. The molecule has 0 bridgehead atoms. The summed E-state index contributed by atoms with van der Waals surface area (Å²) in [6, 6.07) is 18.3. The number of hydrogen-bond donors (Lipinski definition) is 1. The van der Waals surface area contributed by atoms with E-state index in [1.54, 1.807) is 67.8 Å². The molecule has 0 spiro atoms. The largest absolute Gasteiger partial charge is 0.497 e. The van der Waals surface area contributed by atoms with Crippen molar-refractivity contribution >= 4 is 29.2 Å². The van der Waals surface area contributed by atoms with E-state index in [1.807, 2.05) is 6.92 Å². The number of aryl methyl sites for hydroxylation is 1. The maximum Gasteiger partial charge on any atom is 0.362 e. The van der Waals surface area contributed by atoms with Crippen molar-refractivity contribution in [2.45, 2.75) is 6.92 Å². The molecule has 0 unspecified atom stereocenters. The first-order valence-electron chi connectivity index (χ1n) is 9.72. The van der Waals surface area contributed by atoms with Gasteiger partial charge in [-0.2, -0.15) is 0 Å². The van der Waals surface area contributed by atoms with Crippen LogP contribution in [0.2, 0.25) is 0 Å². The zero-order valence-electron chi connectivity index (χ0n) is 17.4. The van der Waals surface area contributed by atoms with Crippen LogP contribution >= 0.6 is 0 Å². The second-order valence-electron chi connectivity index (χ2n) is 6.94. The summed E-state index contributed by atoms with van der Waals surface area (Å²) in [5.41, 5.74) is 1.71. The summed E-state index contributed by atoms with van der Waals surface area (Å²) in [4.78, 5) is 43.8. The third kappa shape index (κ3) is 4.06. The van der Waals surface area contributed by atoms with Crippen LogP contribution in [0.1, 0.15) is 16.1 Å². The Labute approximate surface area is 184 Å². The van der Waals surface area contributed by atoms with E-state index in [9.17, 15) is 14.4 Å². The zero-order valence-corrected chi connectivity index (χ0v) is 17.4. The number of methoxy groups -OCH3 is 1. The molecule has 0 saturated heterocycles. The Balaban J connectivity index is 1.70. The van der Waals surface area contributed by atoms with Gasteiger partial charge in [0.2, 0.25) is 5.76 Å². The molecule has 2 amide bonds. The van der Waals surface area contributed by atoms with E-state index in [0.717, 1.165) is 10.5 Å². The lowest BCUT2D eigenvalue weighted by molar-refractivity contribution is -0.121. The van der Waals surface area contributed by atoms with Crippen molar-refractivity contribution in [3.8, 4) is 5.75 Å². The Morgan fingerprint density at radius 1 is 0.938 bits per heavy atom. The van der Waals surface area contributed by atoms with Gasteiger partial charge < -0.3 is 14.8 Å². The molecule has 2 aromatic carbocycles.